The van der Waals surface area contributed by atoms with Gasteiger partial charge in [0.2, 0.25) is 0 Å². The van der Waals surface area contributed by atoms with Crippen molar-refractivity contribution in [3.8, 4) is 11.8 Å². The first-order valence-electron chi connectivity index (χ1n) is 5.70. The number of hydrogen-bond acceptors (Lipinski definition) is 3. The molecule has 0 atom stereocenters. The van der Waals surface area contributed by atoms with Crippen molar-refractivity contribution < 1.29 is 0 Å². The van der Waals surface area contributed by atoms with Crippen LogP contribution in [-0.2, 0) is 0 Å². The maximum atomic E-state index is 5.43. The van der Waals surface area contributed by atoms with Gasteiger partial charge < -0.3 is 5.73 Å². The summed E-state index contributed by atoms with van der Waals surface area (Å²) in [6.45, 7) is 0.347. The van der Waals surface area contributed by atoms with Crippen LogP contribution in [0.4, 0.5) is 0 Å². The zero-order chi connectivity index (χ0) is 12.4. The summed E-state index contributed by atoms with van der Waals surface area (Å²) in [6.07, 6.45) is 5.41. The highest BCUT2D eigenvalue weighted by Gasteiger charge is 2.05. The summed E-state index contributed by atoms with van der Waals surface area (Å²) in [5.74, 6) is 5.95. The van der Waals surface area contributed by atoms with Crippen LogP contribution in [0.5, 0.6) is 0 Å². The van der Waals surface area contributed by atoms with Crippen molar-refractivity contribution in [1.82, 2.24) is 9.97 Å². The topological polar surface area (TPSA) is 51.8 Å². The summed E-state index contributed by atoms with van der Waals surface area (Å²) >= 11 is 0. The van der Waals surface area contributed by atoms with Gasteiger partial charge in [0.1, 0.15) is 0 Å². The zero-order valence-corrected chi connectivity index (χ0v) is 9.72. The lowest BCUT2D eigenvalue weighted by Crippen LogP contribution is -1.93. The molecule has 0 aliphatic heterocycles. The Morgan fingerprint density at radius 2 is 2.00 bits per heavy atom. The number of para-hydroxylation sites is 1. The van der Waals surface area contributed by atoms with Gasteiger partial charge in [0.05, 0.1) is 17.6 Å². The van der Waals surface area contributed by atoms with Gasteiger partial charge in [-0.25, -0.2) is 0 Å². The number of pyridine rings is 2. The van der Waals surface area contributed by atoms with Crippen LogP contribution in [0.2, 0.25) is 0 Å². The van der Waals surface area contributed by atoms with Gasteiger partial charge in [-0.15, -0.1) is 0 Å². The molecule has 0 fully saturated rings. The van der Waals surface area contributed by atoms with E-state index >= 15 is 0 Å². The molecule has 2 aromatic heterocycles. The van der Waals surface area contributed by atoms with Crippen molar-refractivity contribution >= 4 is 21.7 Å². The number of benzene rings is 1. The smallest absolute Gasteiger partial charge is 0.0708 e. The molecule has 3 aromatic rings. The first kappa shape index (κ1) is 10.7. The van der Waals surface area contributed by atoms with Crippen molar-refractivity contribution in [1.29, 1.82) is 0 Å². The average Bonchev–Trinajstić information content (AvgIpc) is 2.44. The van der Waals surface area contributed by atoms with E-state index in [4.69, 9.17) is 5.73 Å². The highest BCUT2D eigenvalue weighted by molar-refractivity contribution is 6.07. The third-order valence-corrected chi connectivity index (χ3v) is 2.82. The van der Waals surface area contributed by atoms with Crippen LogP contribution in [0.25, 0.3) is 21.7 Å². The molecule has 1 aromatic carbocycles. The molecule has 18 heavy (non-hydrogen) atoms. The minimum Gasteiger partial charge on any atom is -0.320 e. The van der Waals surface area contributed by atoms with Crippen molar-refractivity contribution in [3.63, 3.8) is 0 Å². The molecule has 0 aliphatic rings. The van der Waals surface area contributed by atoms with Gasteiger partial charge in [0, 0.05) is 34.7 Å². The van der Waals surface area contributed by atoms with Crippen molar-refractivity contribution in [3.05, 3.63) is 48.4 Å². The normalized spacial score (nSPS) is 10.3. The molecule has 0 spiro atoms. The van der Waals surface area contributed by atoms with E-state index in [0.717, 1.165) is 27.2 Å². The Labute approximate surface area is 105 Å². The van der Waals surface area contributed by atoms with E-state index in [-0.39, 0.29) is 0 Å². The minimum atomic E-state index is 0.347. The molecular formula is C15H11N3. The van der Waals surface area contributed by atoms with Crippen molar-refractivity contribution in [2.24, 2.45) is 5.73 Å². The van der Waals surface area contributed by atoms with E-state index in [1.165, 1.54) is 0 Å². The second-order valence-electron chi connectivity index (χ2n) is 3.93. The van der Waals surface area contributed by atoms with E-state index < -0.39 is 0 Å². The van der Waals surface area contributed by atoms with E-state index in [2.05, 4.69) is 27.9 Å². The Morgan fingerprint density at radius 3 is 2.89 bits per heavy atom. The predicted octanol–water partition coefficient (Wildman–Crippen LogP) is 2.09. The molecule has 0 saturated heterocycles. The first-order valence-corrected chi connectivity index (χ1v) is 5.70. The average molecular weight is 233 g/mol. The molecule has 86 valence electrons. The molecule has 2 N–H and O–H groups in total. The fourth-order valence-electron chi connectivity index (χ4n) is 2.05. The molecule has 2 heterocycles. The molecule has 0 bridgehead atoms. The maximum absolute atomic E-state index is 5.43. The lowest BCUT2D eigenvalue weighted by atomic mass is 10.0. The number of hydrogen-bond donors (Lipinski definition) is 1. The summed E-state index contributed by atoms with van der Waals surface area (Å²) < 4.78 is 0. The van der Waals surface area contributed by atoms with Gasteiger partial charge in [0.15, 0.2) is 0 Å². The van der Waals surface area contributed by atoms with Gasteiger partial charge in [-0.3, -0.25) is 9.97 Å². The Balaban J connectivity index is 2.46. The van der Waals surface area contributed by atoms with Gasteiger partial charge in [-0.1, -0.05) is 30.0 Å². The lowest BCUT2D eigenvalue weighted by molar-refractivity contribution is 1.30. The van der Waals surface area contributed by atoms with Crippen LogP contribution < -0.4 is 5.73 Å². The number of aromatic nitrogens is 2. The maximum Gasteiger partial charge on any atom is 0.0708 e. The quantitative estimate of drug-likeness (QED) is 0.478. The minimum absolute atomic E-state index is 0.347. The van der Waals surface area contributed by atoms with Gasteiger partial charge in [0.25, 0.3) is 0 Å². The third kappa shape index (κ3) is 1.69. The number of nitrogens with zero attached hydrogens (tertiary/aromatic N) is 2. The molecule has 0 amide bonds. The summed E-state index contributed by atoms with van der Waals surface area (Å²) in [6, 6.07) is 8.03. The van der Waals surface area contributed by atoms with Crippen LogP contribution in [0.15, 0.2) is 42.9 Å². The standard InChI is InChI=1S/C15H11N3/c16-7-3-4-11-8-17-9-12-10-18-14-6-2-1-5-13(14)15(11)12/h1-2,5-6,8-10H,7,16H2. The summed E-state index contributed by atoms with van der Waals surface area (Å²) in [7, 11) is 0. The second-order valence-corrected chi connectivity index (χ2v) is 3.93. The van der Waals surface area contributed by atoms with E-state index in [0.29, 0.717) is 6.54 Å². The van der Waals surface area contributed by atoms with E-state index in [9.17, 15) is 0 Å². The molecule has 3 nitrogen and oxygen atoms in total. The second kappa shape index (κ2) is 4.44. The molecule has 0 unspecified atom stereocenters. The van der Waals surface area contributed by atoms with Crippen LogP contribution in [-0.4, -0.2) is 16.5 Å². The third-order valence-electron chi connectivity index (χ3n) is 2.82. The SMILES string of the molecule is NCC#Cc1cncc2cnc3ccccc3c12. The largest absolute Gasteiger partial charge is 0.320 e. The molecule has 0 radical (unpaired) electrons. The van der Waals surface area contributed by atoms with Crippen LogP contribution in [0, 0.1) is 11.8 Å². The predicted molar refractivity (Wildman–Crippen MR) is 73.0 cm³/mol. The van der Waals surface area contributed by atoms with Gasteiger partial charge >= 0.3 is 0 Å². The number of rotatable bonds is 0. The van der Waals surface area contributed by atoms with Crippen LogP contribution in [0.3, 0.4) is 0 Å². The zero-order valence-electron chi connectivity index (χ0n) is 9.72. The van der Waals surface area contributed by atoms with Gasteiger partial charge in [-0.2, -0.15) is 0 Å². The highest BCUT2D eigenvalue weighted by atomic mass is 14.7. The molecule has 0 aliphatic carbocycles. The Morgan fingerprint density at radius 1 is 1.11 bits per heavy atom. The van der Waals surface area contributed by atoms with Crippen molar-refractivity contribution in [2.75, 3.05) is 6.54 Å². The molecular weight excluding hydrogens is 222 g/mol. The Hall–Kier alpha value is -2.44. The highest BCUT2D eigenvalue weighted by Crippen LogP contribution is 2.25. The summed E-state index contributed by atoms with van der Waals surface area (Å²) in [5, 5.41) is 3.19. The monoisotopic (exact) mass is 233 g/mol. The fourth-order valence-corrected chi connectivity index (χ4v) is 2.05. The summed E-state index contributed by atoms with van der Waals surface area (Å²) in [5.41, 5.74) is 7.29. The Kier molecular flexibility index (Phi) is 2.64. The van der Waals surface area contributed by atoms with E-state index in [1.54, 1.807) is 6.20 Å². The number of fused-ring (bicyclic) bond motifs is 3. The Bertz CT molecular complexity index is 782. The first-order chi connectivity index (χ1) is 8.90. The van der Waals surface area contributed by atoms with Crippen LogP contribution in [0.1, 0.15) is 5.56 Å². The summed E-state index contributed by atoms with van der Waals surface area (Å²) in [4.78, 5) is 8.61. The fraction of sp³-hybridized carbons (Fsp3) is 0.0667. The van der Waals surface area contributed by atoms with E-state index in [1.807, 2.05) is 30.6 Å². The molecule has 3 heteroatoms. The molecule has 3 rings (SSSR count). The van der Waals surface area contributed by atoms with Gasteiger partial charge in [-0.05, 0) is 6.07 Å². The molecule has 0 saturated carbocycles. The van der Waals surface area contributed by atoms with Crippen molar-refractivity contribution in [2.45, 2.75) is 0 Å². The number of nitrogens with two attached hydrogens (primary N) is 1. The lowest BCUT2D eigenvalue weighted by Gasteiger charge is -2.04. The van der Waals surface area contributed by atoms with Crippen LogP contribution >= 0.6 is 0 Å².